The highest BCUT2D eigenvalue weighted by molar-refractivity contribution is 6.42. The molecule has 2 heterocycles. The van der Waals surface area contributed by atoms with Gasteiger partial charge in [0.25, 0.3) is 0 Å². The van der Waals surface area contributed by atoms with Gasteiger partial charge in [-0.15, -0.1) is 0 Å². The number of para-hydroxylation sites is 1. The quantitative estimate of drug-likeness (QED) is 0.303. The summed E-state index contributed by atoms with van der Waals surface area (Å²) < 4.78 is 13.6. The number of benzene rings is 3. The zero-order valence-electron chi connectivity index (χ0n) is 19.6. The summed E-state index contributed by atoms with van der Waals surface area (Å²) in [5.41, 5.74) is 3.48. The highest BCUT2D eigenvalue weighted by Crippen LogP contribution is 2.27. The SMILES string of the molecule is O=C(NC(c1ccc(F)cc1)c1ccc2ccccc2n1)C1CCN(Cc2ccc(Cl)c(Cl)c2)CC1. The van der Waals surface area contributed by atoms with Gasteiger partial charge in [0.15, 0.2) is 0 Å². The number of carbonyl (C=O) groups is 1. The highest BCUT2D eigenvalue weighted by Gasteiger charge is 2.28. The molecule has 0 aliphatic carbocycles. The molecule has 0 bridgehead atoms. The van der Waals surface area contributed by atoms with Crippen molar-refractivity contribution in [2.75, 3.05) is 13.1 Å². The fourth-order valence-electron chi connectivity index (χ4n) is 4.74. The number of likely N-dealkylation sites (tertiary alicyclic amines) is 1. The molecular formula is C29H26Cl2FN3O. The summed E-state index contributed by atoms with van der Waals surface area (Å²) in [5, 5.41) is 5.34. The molecule has 1 saturated heterocycles. The van der Waals surface area contributed by atoms with E-state index in [-0.39, 0.29) is 17.6 Å². The van der Waals surface area contributed by atoms with E-state index in [0.717, 1.165) is 60.2 Å². The van der Waals surface area contributed by atoms with Crippen LogP contribution in [0.5, 0.6) is 0 Å². The van der Waals surface area contributed by atoms with Gasteiger partial charge in [-0.3, -0.25) is 14.7 Å². The van der Waals surface area contributed by atoms with Crippen molar-refractivity contribution in [3.8, 4) is 0 Å². The average molecular weight is 522 g/mol. The molecule has 3 aromatic carbocycles. The second-order valence-electron chi connectivity index (χ2n) is 9.22. The molecule has 0 radical (unpaired) electrons. The van der Waals surface area contributed by atoms with Crippen LogP contribution in [-0.2, 0) is 11.3 Å². The number of hydrogen-bond acceptors (Lipinski definition) is 3. The van der Waals surface area contributed by atoms with Crippen LogP contribution < -0.4 is 5.32 Å². The molecule has 184 valence electrons. The Balaban J connectivity index is 1.29. The van der Waals surface area contributed by atoms with Crippen LogP contribution in [0.2, 0.25) is 10.0 Å². The first-order chi connectivity index (χ1) is 17.5. The van der Waals surface area contributed by atoms with Gasteiger partial charge in [0.05, 0.1) is 27.3 Å². The van der Waals surface area contributed by atoms with Crippen molar-refractivity contribution in [1.29, 1.82) is 0 Å². The van der Waals surface area contributed by atoms with Gasteiger partial charge in [-0.05, 0) is 73.5 Å². The Morgan fingerprint density at radius 1 is 0.972 bits per heavy atom. The van der Waals surface area contributed by atoms with Crippen molar-refractivity contribution in [2.45, 2.75) is 25.4 Å². The number of fused-ring (bicyclic) bond motifs is 1. The molecule has 1 aliphatic heterocycles. The van der Waals surface area contributed by atoms with Gasteiger partial charge >= 0.3 is 0 Å². The highest BCUT2D eigenvalue weighted by atomic mass is 35.5. The second-order valence-corrected chi connectivity index (χ2v) is 10.0. The summed E-state index contributed by atoms with van der Waals surface area (Å²) in [4.78, 5) is 20.5. The molecule has 4 aromatic rings. The van der Waals surface area contributed by atoms with Crippen molar-refractivity contribution < 1.29 is 9.18 Å². The number of carbonyl (C=O) groups excluding carboxylic acids is 1. The Hall–Kier alpha value is -2.99. The third-order valence-electron chi connectivity index (χ3n) is 6.75. The van der Waals surface area contributed by atoms with Gasteiger partial charge < -0.3 is 5.32 Å². The number of amides is 1. The molecule has 0 spiro atoms. The van der Waals surface area contributed by atoms with Crippen molar-refractivity contribution in [3.63, 3.8) is 0 Å². The maximum atomic E-state index is 13.6. The summed E-state index contributed by atoms with van der Waals surface area (Å²) in [6.45, 7) is 2.39. The number of nitrogens with one attached hydrogen (secondary N) is 1. The molecule has 4 nitrogen and oxygen atoms in total. The lowest BCUT2D eigenvalue weighted by atomic mass is 9.94. The molecule has 1 fully saturated rings. The monoisotopic (exact) mass is 521 g/mol. The van der Waals surface area contributed by atoms with Crippen LogP contribution in [0.1, 0.15) is 35.7 Å². The molecule has 1 unspecified atom stereocenters. The largest absolute Gasteiger partial charge is 0.343 e. The van der Waals surface area contributed by atoms with Gasteiger partial charge in [0.2, 0.25) is 5.91 Å². The fourth-order valence-corrected chi connectivity index (χ4v) is 5.06. The van der Waals surface area contributed by atoms with Gasteiger partial charge in [-0.1, -0.05) is 65.7 Å². The van der Waals surface area contributed by atoms with Crippen molar-refractivity contribution in [2.24, 2.45) is 5.92 Å². The molecule has 36 heavy (non-hydrogen) atoms. The molecule has 5 rings (SSSR count). The van der Waals surface area contributed by atoms with Gasteiger partial charge in [-0.2, -0.15) is 0 Å². The number of nitrogens with zero attached hydrogens (tertiary/aromatic N) is 2. The van der Waals surface area contributed by atoms with Gasteiger partial charge in [-0.25, -0.2) is 4.39 Å². The summed E-state index contributed by atoms with van der Waals surface area (Å²) in [6, 6.07) is 23.3. The zero-order chi connectivity index (χ0) is 25.1. The Kier molecular flexibility index (Phi) is 7.51. The van der Waals surface area contributed by atoms with Crippen LogP contribution in [-0.4, -0.2) is 28.9 Å². The van der Waals surface area contributed by atoms with Crippen LogP contribution in [0.25, 0.3) is 10.9 Å². The van der Waals surface area contributed by atoms with E-state index in [1.165, 1.54) is 12.1 Å². The molecular weight excluding hydrogens is 496 g/mol. The first-order valence-corrected chi connectivity index (χ1v) is 12.8. The molecule has 0 saturated carbocycles. The van der Waals surface area contributed by atoms with E-state index >= 15 is 0 Å². The number of halogens is 3. The van der Waals surface area contributed by atoms with Gasteiger partial charge in [0.1, 0.15) is 5.82 Å². The van der Waals surface area contributed by atoms with Crippen molar-refractivity contribution >= 4 is 40.0 Å². The van der Waals surface area contributed by atoms with E-state index in [0.29, 0.717) is 10.0 Å². The minimum atomic E-state index is -0.461. The smallest absolute Gasteiger partial charge is 0.224 e. The zero-order valence-corrected chi connectivity index (χ0v) is 21.1. The number of aromatic nitrogens is 1. The summed E-state index contributed by atoms with van der Waals surface area (Å²) in [6.07, 6.45) is 1.52. The minimum Gasteiger partial charge on any atom is -0.343 e. The lowest BCUT2D eigenvalue weighted by Crippen LogP contribution is -2.41. The number of piperidine rings is 1. The average Bonchev–Trinajstić information content (AvgIpc) is 2.90. The maximum Gasteiger partial charge on any atom is 0.224 e. The molecule has 1 aromatic heterocycles. The number of pyridine rings is 1. The Bertz CT molecular complexity index is 1370. The Morgan fingerprint density at radius 3 is 2.47 bits per heavy atom. The Labute approximate surface area is 220 Å². The summed E-state index contributed by atoms with van der Waals surface area (Å²) in [7, 11) is 0. The topological polar surface area (TPSA) is 45.2 Å². The van der Waals surface area contributed by atoms with Crippen molar-refractivity contribution in [1.82, 2.24) is 15.2 Å². The van der Waals surface area contributed by atoms with E-state index < -0.39 is 6.04 Å². The van der Waals surface area contributed by atoms with E-state index in [9.17, 15) is 9.18 Å². The number of rotatable bonds is 6. The predicted molar refractivity (Wildman–Crippen MR) is 143 cm³/mol. The summed E-state index contributed by atoms with van der Waals surface area (Å²) in [5.74, 6) is -0.420. The van der Waals surface area contributed by atoms with Crippen LogP contribution >= 0.6 is 23.2 Å². The van der Waals surface area contributed by atoms with Gasteiger partial charge in [0, 0.05) is 17.8 Å². The molecule has 1 aliphatic rings. The fraction of sp³-hybridized carbons (Fsp3) is 0.241. The second kappa shape index (κ2) is 11.0. The van der Waals surface area contributed by atoms with E-state index in [4.69, 9.17) is 28.2 Å². The summed E-state index contributed by atoms with van der Waals surface area (Å²) >= 11 is 12.2. The molecule has 1 amide bonds. The van der Waals surface area contributed by atoms with Crippen LogP contribution in [0.4, 0.5) is 4.39 Å². The minimum absolute atomic E-state index is 0.00605. The Morgan fingerprint density at radius 2 is 1.72 bits per heavy atom. The lowest BCUT2D eigenvalue weighted by Gasteiger charge is -2.32. The van der Waals surface area contributed by atoms with Crippen LogP contribution in [0.15, 0.2) is 78.9 Å². The lowest BCUT2D eigenvalue weighted by molar-refractivity contribution is -0.127. The third-order valence-corrected chi connectivity index (χ3v) is 7.49. The first kappa shape index (κ1) is 24.7. The predicted octanol–water partition coefficient (Wildman–Crippen LogP) is 6.80. The first-order valence-electron chi connectivity index (χ1n) is 12.0. The maximum absolute atomic E-state index is 13.6. The molecule has 1 atom stereocenters. The van der Waals surface area contributed by atoms with Crippen molar-refractivity contribution in [3.05, 3.63) is 112 Å². The molecule has 1 N–H and O–H groups in total. The number of hydrogen-bond donors (Lipinski definition) is 1. The third kappa shape index (κ3) is 5.70. The van der Waals surface area contributed by atoms with Crippen LogP contribution in [0.3, 0.4) is 0 Å². The molecule has 7 heteroatoms. The standard InChI is InChI=1S/C29H26Cl2FN3O/c30-24-11-5-19(17-25(24)31)18-35-15-13-22(14-16-35)29(36)34-28(21-6-9-23(32)10-7-21)27-12-8-20-3-1-2-4-26(20)33-27/h1-12,17,22,28H,13-16,18H2,(H,34,36). The van der Waals surface area contributed by atoms with E-state index in [1.54, 1.807) is 12.1 Å². The van der Waals surface area contributed by atoms with E-state index in [2.05, 4.69) is 10.2 Å². The normalized spacial score (nSPS) is 15.6. The van der Waals surface area contributed by atoms with E-state index in [1.807, 2.05) is 54.6 Å². The van der Waals surface area contributed by atoms with Crippen LogP contribution in [0, 0.1) is 11.7 Å².